The smallest absolute Gasteiger partial charge is 0.335 e. The molecule has 3 aromatic carbocycles. The van der Waals surface area contributed by atoms with Crippen LogP contribution in [0.1, 0.15) is 21.5 Å². The second kappa shape index (κ2) is 6.91. The topological polar surface area (TPSA) is 71.4 Å². The molecule has 25 heavy (non-hydrogen) atoms. The van der Waals surface area contributed by atoms with Crippen molar-refractivity contribution in [2.45, 2.75) is 16.2 Å². The Morgan fingerprint density at radius 1 is 0.800 bits per heavy atom. The fraction of sp³-hybridized carbons (Fsp3) is 0.0500. The van der Waals surface area contributed by atoms with Crippen molar-refractivity contribution in [2.75, 3.05) is 0 Å². The highest BCUT2D eigenvalue weighted by atomic mass is 32.2. The van der Waals surface area contributed by atoms with Crippen LogP contribution in [0.25, 0.3) is 0 Å². The summed E-state index contributed by atoms with van der Waals surface area (Å²) in [6, 6.07) is 21.8. The first-order valence-electron chi connectivity index (χ1n) is 7.69. The molecular formula is C20H16O4S. The van der Waals surface area contributed by atoms with Crippen LogP contribution in [-0.2, 0) is 16.3 Å². The van der Waals surface area contributed by atoms with Gasteiger partial charge in [0.05, 0.1) is 15.4 Å². The summed E-state index contributed by atoms with van der Waals surface area (Å²) in [5, 5.41) is 8.95. The minimum Gasteiger partial charge on any atom is -0.478 e. The van der Waals surface area contributed by atoms with Gasteiger partial charge in [0.2, 0.25) is 9.84 Å². The summed E-state index contributed by atoms with van der Waals surface area (Å²) in [6.45, 7) is 0. The normalized spacial score (nSPS) is 11.2. The first-order chi connectivity index (χ1) is 12.0. The highest BCUT2D eigenvalue weighted by Crippen LogP contribution is 2.26. The van der Waals surface area contributed by atoms with Gasteiger partial charge in [-0.1, -0.05) is 48.5 Å². The predicted octanol–water partition coefficient (Wildman–Crippen LogP) is 3.81. The van der Waals surface area contributed by atoms with E-state index in [9.17, 15) is 13.2 Å². The highest BCUT2D eigenvalue weighted by Gasteiger charge is 2.21. The third kappa shape index (κ3) is 3.61. The Hall–Kier alpha value is -2.92. The van der Waals surface area contributed by atoms with Crippen LogP contribution in [0.2, 0.25) is 0 Å². The van der Waals surface area contributed by atoms with Gasteiger partial charge in [-0.2, -0.15) is 0 Å². The van der Waals surface area contributed by atoms with E-state index in [1.807, 2.05) is 36.4 Å². The monoisotopic (exact) mass is 352 g/mol. The van der Waals surface area contributed by atoms with Crippen LogP contribution >= 0.6 is 0 Å². The molecule has 0 saturated heterocycles. The number of aromatic carboxylic acids is 1. The molecule has 1 N–H and O–H groups in total. The minimum atomic E-state index is -3.73. The molecular weight excluding hydrogens is 336 g/mol. The van der Waals surface area contributed by atoms with Crippen molar-refractivity contribution in [3.05, 3.63) is 95.6 Å². The molecule has 0 saturated carbocycles. The second-order valence-electron chi connectivity index (χ2n) is 5.60. The van der Waals surface area contributed by atoms with E-state index in [-0.39, 0.29) is 15.4 Å². The lowest BCUT2D eigenvalue weighted by atomic mass is 10.1. The van der Waals surface area contributed by atoms with Crippen LogP contribution in [0.5, 0.6) is 0 Å². The molecule has 0 aliphatic rings. The van der Waals surface area contributed by atoms with Crippen LogP contribution < -0.4 is 0 Å². The molecule has 4 nitrogen and oxygen atoms in total. The predicted molar refractivity (Wildman–Crippen MR) is 94.5 cm³/mol. The minimum absolute atomic E-state index is 0.0523. The number of carboxylic acids is 1. The van der Waals surface area contributed by atoms with E-state index in [1.54, 1.807) is 18.2 Å². The summed E-state index contributed by atoms with van der Waals surface area (Å²) in [6.07, 6.45) is 0.503. The average molecular weight is 352 g/mol. The lowest BCUT2D eigenvalue weighted by Crippen LogP contribution is -2.07. The number of carboxylic acid groups (broad SMARTS) is 1. The van der Waals surface area contributed by atoms with E-state index in [0.717, 1.165) is 5.56 Å². The highest BCUT2D eigenvalue weighted by molar-refractivity contribution is 7.91. The van der Waals surface area contributed by atoms with E-state index in [2.05, 4.69) is 0 Å². The van der Waals surface area contributed by atoms with Gasteiger partial charge >= 0.3 is 5.97 Å². The zero-order valence-corrected chi connectivity index (χ0v) is 14.1. The van der Waals surface area contributed by atoms with E-state index in [4.69, 9.17) is 5.11 Å². The van der Waals surface area contributed by atoms with Gasteiger partial charge in [-0.05, 0) is 47.9 Å². The Morgan fingerprint density at radius 3 is 2.04 bits per heavy atom. The van der Waals surface area contributed by atoms with Gasteiger partial charge in [-0.15, -0.1) is 0 Å². The summed E-state index contributed by atoms with van der Waals surface area (Å²) >= 11 is 0. The van der Waals surface area contributed by atoms with E-state index >= 15 is 0 Å². The molecule has 5 heteroatoms. The molecule has 126 valence electrons. The van der Waals surface area contributed by atoms with E-state index < -0.39 is 15.8 Å². The molecule has 0 amide bonds. The first-order valence-corrected chi connectivity index (χ1v) is 9.17. The lowest BCUT2D eigenvalue weighted by molar-refractivity contribution is 0.0696. The van der Waals surface area contributed by atoms with Gasteiger partial charge < -0.3 is 5.11 Å². The van der Waals surface area contributed by atoms with Gasteiger partial charge in [-0.25, -0.2) is 13.2 Å². The van der Waals surface area contributed by atoms with Crippen molar-refractivity contribution in [3.8, 4) is 0 Å². The molecule has 0 radical (unpaired) electrons. The number of sulfone groups is 1. The number of benzene rings is 3. The maximum atomic E-state index is 13.0. The van der Waals surface area contributed by atoms with Crippen LogP contribution in [0.15, 0.2) is 88.7 Å². The van der Waals surface area contributed by atoms with Gasteiger partial charge in [0.25, 0.3) is 0 Å². The summed E-state index contributed by atoms with van der Waals surface area (Å²) < 4.78 is 26.0. The quantitative estimate of drug-likeness (QED) is 0.758. The van der Waals surface area contributed by atoms with Crippen molar-refractivity contribution in [2.24, 2.45) is 0 Å². The Bertz CT molecular complexity index is 991. The third-order valence-corrected chi connectivity index (χ3v) is 5.78. The summed E-state index contributed by atoms with van der Waals surface area (Å²) in [5.41, 5.74) is 1.78. The zero-order valence-electron chi connectivity index (χ0n) is 13.3. The summed E-state index contributed by atoms with van der Waals surface area (Å²) in [5.74, 6) is -1.09. The maximum absolute atomic E-state index is 13.0. The van der Waals surface area contributed by atoms with Gasteiger partial charge in [0, 0.05) is 0 Å². The van der Waals surface area contributed by atoms with Gasteiger partial charge in [0.15, 0.2) is 0 Å². The largest absolute Gasteiger partial charge is 0.478 e. The molecule has 0 unspecified atom stereocenters. The van der Waals surface area contributed by atoms with E-state index in [1.165, 1.54) is 24.3 Å². The standard InChI is InChI=1S/C20H16O4S/c21-20(22)16-10-12-18(13-11-16)25(23,24)19-9-5-4-8-17(19)14-15-6-2-1-3-7-15/h1-13H,14H2,(H,21,22). The van der Waals surface area contributed by atoms with Crippen LogP contribution in [-0.4, -0.2) is 19.5 Å². The maximum Gasteiger partial charge on any atom is 0.335 e. The Balaban J connectivity index is 2.01. The number of hydrogen-bond donors (Lipinski definition) is 1. The number of hydrogen-bond acceptors (Lipinski definition) is 3. The molecule has 0 heterocycles. The van der Waals surface area contributed by atoms with Crippen molar-refractivity contribution in [3.63, 3.8) is 0 Å². The molecule has 0 aliphatic heterocycles. The van der Waals surface area contributed by atoms with Gasteiger partial charge in [0.1, 0.15) is 0 Å². The number of rotatable bonds is 5. The molecule has 0 aromatic heterocycles. The molecule has 0 fully saturated rings. The average Bonchev–Trinajstić information content (AvgIpc) is 2.63. The Kier molecular flexibility index (Phi) is 4.67. The van der Waals surface area contributed by atoms with Crippen LogP contribution in [0.3, 0.4) is 0 Å². The summed E-state index contributed by atoms with van der Waals surface area (Å²) in [7, 11) is -3.73. The fourth-order valence-corrected chi connectivity index (χ4v) is 4.12. The molecule has 3 aromatic rings. The molecule has 0 aliphatic carbocycles. The van der Waals surface area contributed by atoms with Crippen LogP contribution in [0, 0.1) is 0 Å². The van der Waals surface area contributed by atoms with Gasteiger partial charge in [-0.3, -0.25) is 0 Å². The third-order valence-electron chi connectivity index (χ3n) is 3.91. The zero-order chi connectivity index (χ0) is 17.9. The van der Waals surface area contributed by atoms with Crippen molar-refractivity contribution in [1.29, 1.82) is 0 Å². The number of carbonyl (C=O) groups is 1. The lowest BCUT2D eigenvalue weighted by Gasteiger charge is -2.11. The molecule has 3 rings (SSSR count). The molecule has 0 atom stereocenters. The SMILES string of the molecule is O=C(O)c1ccc(S(=O)(=O)c2ccccc2Cc2ccccc2)cc1. The van der Waals surface area contributed by atoms with Crippen molar-refractivity contribution >= 4 is 15.8 Å². The molecule has 0 bridgehead atoms. The summed E-state index contributed by atoms with van der Waals surface area (Å²) in [4.78, 5) is 11.3. The molecule has 0 spiro atoms. The fourth-order valence-electron chi connectivity index (χ4n) is 2.63. The van der Waals surface area contributed by atoms with Crippen LogP contribution in [0.4, 0.5) is 0 Å². The van der Waals surface area contributed by atoms with Crippen molar-refractivity contribution < 1.29 is 18.3 Å². The van der Waals surface area contributed by atoms with Crippen molar-refractivity contribution in [1.82, 2.24) is 0 Å². The second-order valence-corrected chi connectivity index (χ2v) is 7.52. The first kappa shape index (κ1) is 16.9. The Labute approximate surface area is 146 Å². The van der Waals surface area contributed by atoms with E-state index in [0.29, 0.717) is 12.0 Å². The Morgan fingerprint density at radius 2 is 1.40 bits per heavy atom.